The molecule has 0 fully saturated rings. The van der Waals surface area contributed by atoms with Crippen LogP contribution in [-0.4, -0.2) is 15.0 Å². The molecule has 62 heavy (non-hydrogen) atoms. The molecule has 0 saturated heterocycles. The van der Waals surface area contributed by atoms with Gasteiger partial charge in [-0.3, -0.25) is 0 Å². The topological polar surface area (TPSA) is 38.7 Å². The highest BCUT2D eigenvalue weighted by molar-refractivity contribution is 7.26. The number of rotatable bonds is 7. The minimum absolute atomic E-state index is 0.545. The molecule has 9 aromatic carbocycles. The predicted molar refractivity (Wildman–Crippen MR) is 257 cm³/mol. The molecule has 0 bridgehead atoms. The first kappa shape index (κ1) is 36.1. The Morgan fingerprint density at radius 3 is 1.55 bits per heavy atom. The molecule has 11 aromatic rings. The first-order chi connectivity index (χ1) is 30.7. The summed E-state index contributed by atoms with van der Waals surface area (Å²) < 4.78 is 2.59. The van der Waals surface area contributed by atoms with Crippen LogP contribution in [0.3, 0.4) is 0 Å². The average molecular weight is 808 g/mol. The third-order valence-corrected chi connectivity index (χ3v) is 13.7. The second kappa shape index (κ2) is 14.7. The molecule has 0 amide bonds. The summed E-state index contributed by atoms with van der Waals surface area (Å²) >= 11 is 1.85. The largest absolute Gasteiger partial charge is 0.208 e. The quantitative estimate of drug-likeness (QED) is 0.161. The molecule has 0 aliphatic heterocycles. The maximum atomic E-state index is 5.35. The Labute approximate surface area is 364 Å². The van der Waals surface area contributed by atoms with E-state index in [1.54, 1.807) is 0 Å². The minimum atomic E-state index is -0.545. The van der Waals surface area contributed by atoms with Crippen molar-refractivity contribution >= 4 is 31.5 Å². The third kappa shape index (κ3) is 5.76. The van der Waals surface area contributed by atoms with Crippen LogP contribution in [-0.2, 0) is 5.41 Å². The fourth-order valence-electron chi connectivity index (χ4n) is 9.66. The maximum Gasteiger partial charge on any atom is 0.164 e. The standard InChI is InChI=1S/C58H37N3S/c1-4-17-38(18-5-1)44-23-10-11-26-50(44)57-60-55(40-33-31-39(32-34-40)45-27-16-28-49-48-25-13-15-30-53(48)62-54(45)49)59-56(61-57)41-35-36-47-46-24-12-14-29-51(46)58(52(47)37-41,42-19-6-2-7-20-42)43-21-8-3-9-22-43/h1-37H. The van der Waals surface area contributed by atoms with Crippen LogP contribution in [0.15, 0.2) is 224 Å². The normalized spacial score (nSPS) is 12.6. The molecule has 0 spiro atoms. The Kier molecular flexibility index (Phi) is 8.58. The Morgan fingerprint density at radius 1 is 0.306 bits per heavy atom. The van der Waals surface area contributed by atoms with Crippen molar-refractivity contribution in [2.75, 3.05) is 0 Å². The van der Waals surface area contributed by atoms with Crippen molar-refractivity contribution in [3.05, 3.63) is 247 Å². The lowest BCUT2D eigenvalue weighted by atomic mass is 9.67. The van der Waals surface area contributed by atoms with Crippen LogP contribution in [0.2, 0.25) is 0 Å². The lowest BCUT2D eigenvalue weighted by Crippen LogP contribution is -2.28. The van der Waals surface area contributed by atoms with Gasteiger partial charge in [0.1, 0.15) is 0 Å². The molecule has 1 aliphatic rings. The van der Waals surface area contributed by atoms with Gasteiger partial charge in [-0.25, -0.2) is 15.0 Å². The first-order valence-electron chi connectivity index (χ1n) is 21.0. The van der Waals surface area contributed by atoms with Crippen LogP contribution in [0.25, 0.3) is 87.7 Å². The summed E-state index contributed by atoms with van der Waals surface area (Å²) in [5.74, 6) is 1.88. The monoisotopic (exact) mass is 807 g/mol. The Balaban J connectivity index is 1.05. The second-order valence-electron chi connectivity index (χ2n) is 15.9. The number of thiophene rings is 1. The third-order valence-electron chi connectivity index (χ3n) is 12.5. The van der Waals surface area contributed by atoms with Crippen LogP contribution >= 0.6 is 11.3 Å². The molecule has 290 valence electrons. The number of fused-ring (bicyclic) bond motifs is 6. The van der Waals surface area contributed by atoms with Crippen molar-refractivity contribution in [2.45, 2.75) is 5.41 Å². The first-order valence-corrected chi connectivity index (χ1v) is 21.8. The number of nitrogens with zero attached hydrogens (tertiary/aromatic N) is 3. The summed E-state index contributed by atoms with van der Waals surface area (Å²) in [5.41, 5.74) is 14.2. The van der Waals surface area contributed by atoms with Gasteiger partial charge in [-0.05, 0) is 67.8 Å². The lowest BCUT2D eigenvalue weighted by molar-refractivity contribution is 0.768. The summed E-state index contributed by atoms with van der Waals surface area (Å²) in [6.45, 7) is 0. The molecule has 0 N–H and O–H groups in total. The van der Waals surface area contributed by atoms with Crippen LogP contribution in [0.1, 0.15) is 22.3 Å². The van der Waals surface area contributed by atoms with Gasteiger partial charge in [0.05, 0.1) is 5.41 Å². The highest BCUT2D eigenvalue weighted by Crippen LogP contribution is 2.56. The van der Waals surface area contributed by atoms with Crippen LogP contribution < -0.4 is 0 Å². The molecule has 2 aromatic heterocycles. The minimum Gasteiger partial charge on any atom is -0.208 e. The highest BCUT2D eigenvalue weighted by atomic mass is 32.1. The number of aromatic nitrogens is 3. The molecule has 1 aliphatic carbocycles. The lowest BCUT2D eigenvalue weighted by Gasteiger charge is -2.34. The average Bonchev–Trinajstić information content (AvgIpc) is 3.89. The van der Waals surface area contributed by atoms with Gasteiger partial charge in [0.25, 0.3) is 0 Å². The predicted octanol–water partition coefficient (Wildman–Crippen LogP) is 14.9. The van der Waals surface area contributed by atoms with E-state index in [0.717, 1.165) is 33.4 Å². The van der Waals surface area contributed by atoms with E-state index in [4.69, 9.17) is 15.0 Å². The summed E-state index contributed by atoms with van der Waals surface area (Å²) in [6, 6.07) is 80.4. The van der Waals surface area contributed by atoms with Crippen LogP contribution in [0.5, 0.6) is 0 Å². The van der Waals surface area contributed by atoms with Crippen molar-refractivity contribution in [1.29, 1.82) is 0 Å². The zero-order valence-electron chi connectivity index (χ0n) is 33.6. The van der Waals surface area contributed by atoms with Gasteiger partial charge in [-0.15, -0.1) is 11.3 Å². The van der Waals surface area contributed by atoms with Gasteiger partial charge >= 0.3 is 0 Å². The molecule has 0 unspecified atom stereocenters. The van der Waals surface area contributed by atoms with Crippen molar-refractivity contribution < 1.29 is 0 Å². The van der Waals surface area contributed by atoms with Gasteiger partial charge in [0.2, 0.25) is 0 Å². The zero-order valence-corrected chi connectivity index (χ0v) is 34.4. The Bertz CT molecular complexity index is 3410. The van der Waals surface area contributed by atoms with Crippen LogP contribution in [0, 0.1) is 0 Å². The fraction of sp³-hybridized carbons (Fsp3) is 0.0172. The molecule has 3 nitrogen and oxygen atoms in total. The van der Waals surface area contributed by atoms with Crippen molar-refractivity contribution in [3.8, 4) is 67.5 Å². The zero-order chi connectivity index (χ0) is 41.0. The Hall–Kier alpha value is -7.79. The molecule has 2 heterocycles. The van der Waals surface area contributed by atoms with Crippen molar-refractivity contribution in [1.82, 2.24) is 15.0 Å². The van der Waals surface area contributed by atoms with E-state index in [1.165, 1.54) is 59.1 Å². The summed E-state index contributed by atoms with van der Waals surface area (Å²) in [6.07, 6.45) is 0. The van der Waals surface area contributed by atoms with Gasteiger partial charge in [-0.2, -0.15) is 0 Å². The molecule has 12 rings (SSSR count). The second-order valence-corrected chi connectivity index (χ2v) is 16.9. The van der Waals surface area contributed by atoms with Gasteiger partial charge < -0.3 is 0 Å². The molecule has 0 atom stereocenters. The van der Waals surface area contributed by atoms with E-state index in [-0.39, 0.29) is 0 Å². The molecule has 0 saturated carbocycles. The Morgan fingerprint density at radius 2 is 0.806 bits per heavy atom. The van der Waals surface area contributed by atoms with Gasteiger partial charge in [-0.1, -0.05) is 212 Å². The van der Waals surface area contributed by atoms with E-state index in [1.807, 2.05) is 17.4 Å². The number of benzene rings is 9. The van der Waals surface area contributed by atoms with Gasteiger partial charge in [0, 0.05) is 36.9 Å². The van der Waals surface area contributed by atoms with Crippen LogP contribution in [0.4, 0.5) is 0 Å². The fourth-order valence-corrected chi connectivity index (χ4v) is 10.9. The summed E-state index contributed by atoms with van der Waals surface area (Å²) in [5, 5.41) is 2.59. The molecular formula is C58H37N3S. The smallest absolute Gasteiger partial charge is 0.164 e. The molecule has 4 heteroatoms. The van der Waals surface area contributed by atoms with E-state index in [9.17, 15) is 0 Å². The maximum absolute atomic E-state index is 5.35. The number of hydrogen-bond donors (Lipinski definition) is 0. The van der Waals surface area contributed by atoms with E-state index >= 15 is 0 Å². The van der Waals surface area contributed by atoms with E-state index < -0.39 is 5.41 Å². The SMILES string of the molecule is c1ccc(-c2ccccc2-c2nc(-c3ccc(-c4cccc5c4sc4ccccc45)cc3)nc(-c3ccc4c(c3)C(c3ccccc3)(c3ccccc3)c3ccccc3-4)n2)cc1. The molecular weight excluding hydrogens is 771 g/mol. The molecule has 0 radical (unpaired) electrons. The van der Waals surface area contributed by atoms with Crippen molar-refractivity contribution in [3.63, 3.8) is 0 Å². The van der Waals surface area contributed by atoms with Crippen molar-refractivity contribution in [2.24, 2.45) is 0 Å². The number of hydrogen-bond acceptors (Lipinski definition) is 4. The van der Waals surface area contributed by atoms with Gasteiger partial charge in [0.15, 0.2) is 17.5 Å². The van der Waals surface area contributed by atoms with E-state index in [0.29, 0.717) is 17.5 Å². The highest BCUT2D eigenvalue weighted by Gasteiger charge is 2.46. The summed E-state index contributed by atoms with van der Waals surface area (Å²) in [4.78, 5) is 16.0. The van der Waals surface area contributed by atoms with E-state index in [2.05, 4.69) is 218 Å². The summed E-state index contributed by atoms with van der Waals surface area (Å²) in [7, 11) is 0.